The number of urea groups is 1. The lowest BCUT2D eigenvalue weighted by Crippen LogP contribution is -2.45. The van der Waals surface area contributed by atoms with Gasteiger partial charge < -0.3 is 25.4 Å². The van der Waals surface area contributed by atoms with E-state index < -0.39 is 12.0 Å². The maximum absolute atomic E-state index is 12.9. The second kappa shape index (κ2) is 9.75. The summed E-state index contributed by atoms with van der Waals surface area (Å²) in [5, 5.41) is 17.1. The quantitative estimate of drug-likeness (QED) is 0.598. The standard InChI is InChI=1S/C25H22ClN3O4/c26-19-9-13-21(14-10-19)28-25(33)29-15-1-2-22(29)23(30)27-20-11-7-17(8-12-20)16-3-5-18(6-4-16)24(31)32/h3-14,22H,1-2,15H2,(H,27,30)(H,28,33)(H,31,32)/p-1/t22-/m1/s1. The molecule has 1 fully saturated rings. The van der Waals surface area contributed by atoms with E-state index in [2.05, 4.69) is 10.6 Å². The van der Waals surface area contributed by atoms with Crippen LogP contribution < -0.4 is 15.7 Å². The minimum absolute atomic E-state index is 0.115. The first-order chi connectivity index (χ1) is 15.9. The van der Waals surface area contributed by atoms with Gasteiger partial charge in [-0.05, 0) is 65.9 Å². The van der Waals surface area contributed by atoms with E-state index in [1.165, 1.54) is 17.0 Å². The number of amides is 3. The molecule has 0 unspecified atom stereocenters. The number of hydrogen-bond acceptors (Lipinski definition) is 4. The third-order valence-electron chi connectivity index (χ3n) is 5.52. The first-order valence-electron chi connectivity index (χ1n) is 10.5. The average Bonchev–Trinajstić information content (AvgIpc) is 3.32. The highest BCUT2D eigenvalue weighted by Gasteiger charge is 2.34. The molecule has 3 amide bonds. The lowest BCUT2D eigenvalue weighted by molar-refractivity contribution is -0.255. The Morgan fingerprint density at radius 3 is 1.97 bits per heavy atom. The van der Waals surface area contributed by atoms with Gasteiger partial charge in [-0.15, -0.1) is 0 Å². The fourth-order valence-corrected chi connectivity index (χ4v) is 3.91. The molecule has 33 heavy (non-hydrogen) atoms. The number of carboxylic acid groups (broad SMARTS) is 1. The summed E-state index contributed by atoms with van der Waals surface area (Å²) >= 11 is 5.88. The van der Waals surface area contributed by atoms with E-state index >= 15 is 0 Å². The van der Waals surface area contributed by atoms with Gasteiger partial charge >= 0.3 is 6.03 Å². The van der Waals surface area contributed by atoms with Crippen LogP contribution >= 0.6 is 11.6 Å². The van der Waals surface area contributed by atoms with Crippen LogP contribution in [0.2, 0.25) is 5.02 Å². The van der Waals surface area contributed by atoms with Gasteiger partial charge in [-0.2, -0.15) is 0 Å². The van der Waals surface area contributed by atoms with Crippen LogP contribution in [-0.2, 0) is 4.79 Å². The molecule has 4 rings (SSSR count). The van der Waals surface area contributed by atoms with Gasteiger partial charge in [-0.3, -0.25) is 4.79 Å². The molecule has 0 bridgehead atoms. The molecule has 1 heterocycles. The monoisotopic (exact) mass is 462 g/mol. The number of carbonyl (C=O) groups excluding carboxylic acids is 3. The number of hydrogen-bond donors (Lipinski definition) is 2. The Bertz CT molecular complexity index is 1160. The van der Waals surface area contributed by atoms with E-state index in [0.717, 1.165) is 17.5 Å². The Morgan fingerprint density at radius 1 is 0.818 bits per heavy atom. The molecule has 3 aromatic rings. The molecular formula is C25H21ClN3O4-. The highest BCUT2D eigenvalue weighted by atomic mass is 35.5. The zero-order valence-corrected chi connectivity index (χ0v) is 18.3. The van der Waals surface area contributed by atoms with E-state index in [0.29, 0.717) is 29.4 Å². The molecule has 0 spiro atoms. The topological polar surface area (TPSA) is 102 Å². The van der Waals surface area contributed by atoms with Crippen molar-refractivity contribution in [3.05, 3.63) is 83.4 Å². The van der Waals surface area contributed by atoms with Gasteiger partial charge in [0.15, 0.2) is 0 Å². The van der Waals surface area contributed by atoms with Crippen molar-refractivity contribution in [2.45, 2.75) is 18.9 Å². The van der Waals surface area contributed by atoms with Crippen molar-refractivity contribution < 1.29 is 19.5 Å². The highest BCUT2D eigenvalue weighted by Crippen LogP contribution is 2.24. The van der Waals surface area contributed by atoms with Crippen LogP contribution in [0, 0.1) is 0 Å². The zero-order chi connectivity index (χ0) is 23.4. The Balaban J connectivity index is 1.39. The van der Waals surface area contributed by atoms with Crippen LogP contribution in [0.1, 0.15) is 23.2 Å². The van der Waals surface area contributed by atoms with E-state index in [1.807, 2.05) is 12.1 Å². The smallest absolute Gasteiger partial charge is 0.322 e. The van der Waals surface area contributed by atoms with Crippen molar-refractivity contribution in [1.82, 2.24) is 4.90 Å². The van der Waals surface area contributed by atoms with Crippen LogP contribution in [0.3, 0.4) is 0 Å². The first kappa shape index (κ1) is 22.4. The van der Waals surface area contributed by atoms with Crippen LogP contribution in [0.15, 0.2) is 72.8 Å². The predicted octanol–water partition coefficient (Wildman–Crippen LogP) is 4.01. The van der Waals surface area contributed by atoms with Crippen LogP contribution in [-0.4, -0.2) is 35.4 Å². The molecule has 1 saturated heterocycles. The largest absolute Gasteiger partial charge is 0.545 e. The number of benzene rings is 3. The first-order valence-corrected chi connectivity index (χ1v) is 10.8. The normalized spacial score (nSPS) is 15.2. The Morgan fingerprint density at radius 2 is 1.36 bits per heavy atom. The van der Waals surface area contributed by atoms with Gasteiger partial charge in [0.05, 0.1) is 5.97 Å². The van der Waals surface area contributed by atoms with Crippen LogP contribution in [0.4, 0.5) is 16.2 Å². The van der Waals surface area contributed by atoms with E-state index in [9.17, 15) is 19.5 Å². The summed E-state index contributed by atoms with van der Waals surface area (Å²) in [4.78, 5) is 38.0. The number of anilines is 2. The van der Waals surface area contributed by atoms with Gasteiger partial charge in [0.1, 0.15) is 6.04 Å². The summed E-state index contributed by atoms with van der Waals surface area (Å²) in [6.07, 6.45) is 1.33. The summed E-state index contributed by atoms with van der Waals surface area (Å²) in [7, 11) is 0. The number of carboxylic acids is 1. The summed E-state index contributed by atoms with van der Waals surface area (Å²) in [6.45, 7) is 0.498. The molecule has 1 atom stereocenters. The number of rotatable bonds is 5. The van der Waals surface area contributed by atoms with Crippen molar-refractivity contribution in [3.63, 3.8) is 0 Å². The summed E-state index contributed by atoms with van der Waals surface area (Å²) in [6, 6.07) is 19.5. The second-order valence-electron chi connectivity index (χ2n) is 7.72. The number of halogens is 1. The fraction of sp³-hybridized carbons (Fsp3) is 0.160. The SMILES string of the molecule is O=C([O-])c1ccc(-c2ccc(NC(=O)[C@H]3CCCN3C(=O)Nc3ccc(Cl)cc3)cc2)cc1. The summed E-state index contributed by atoms with van der Waals surface area (Å²) < 4.78 is 0. The molecule has 7 nitrogen and oxygen atoms in total. The van der Waals surface area contributed by atoms with Gasteiger partial charge in [0.25, 0.3) is 0 Å². The second-order valence-corrected chi connectivity index (χ2v) is 8.16. The zero-order valence-electron chi connectivity index (χ0n) is 17.6. The average molecular weight is 463 g/mol. The number of nitrogens with zero attached hydrogens (tertiary/aromatic N) is 1. The lowest BCUT2D eigenvalue weighted by Gasteiger charge is -2.24. The highest BCUT2D eigenvalue weighted by molar-refractivity contribution is 6.30. The minimum Gasteiger partial charge on any atom is -0.545 e. The molecular weight excluding hydrogens is 442 g/mol. The van der Waals surface area contributed by atoms with Crippen LogP contribution in [0.25, 0.3) is 11.1 Å². The molecule has 1 aliphatic heterocycles. The Hall–Kier alpha value is -3.84. The van der Waals surface area contributed by atoms with Crippen molar-refractivity contribution in [2.24, 2.45) is 0 Å². The van der Waals surface area contributed by atoms with E-state index in [4.69, 9.17) is 11.6 Å². The number of carbonyl (C=O) groups is 3. The third kappa shape index (κ3) is 5.32. The van der Waals surface area contributed by atoms with E-state index in [-0.39, 0.29) is 17.5 Å². The minimum atomic E-state index is -1.22. The number of likely N-dealkylation sites (tertiary alicyclic amines) is 1. The number of aromatic carboxylic acids is 1. The molecule has 3 aromatic carbocycles. The molecule has 8 heteroatoms. The van der Waals surface area contributed by atoms with Crippen molar-refractivity contribution in [1.29, 1.82) is 0 Å². The Labute approximate surface area is 196 Å². The summed E-state index contributed by atoms with van der Waals surface area (Å²) in [5.74, 6) is -1.47. The maximum atomic E-state index is 12.9. The van der Waals surface area contributed by atoms with Crippen molar-refractivity contribution in [2.75, 3.05) is 17.2 Å². The van der Waals surface area contributed by atoms with Gasteiger partial charge in [-0.1, -0.05) is 48.0 Å². The number of nitrogens with one attached hydrogen (secondary N) is 2. The van der Waals surface area contributed by atoms with Crippen LogP contribution in [0.5, 0.6) is 0 Å². The maximum Gasteiger partial charge on any atom is 0.322 e. The molecule has 0 aliphatic carbocycles. The van der Waals surface area contributed by atoms with Crippen molar-refractivity contribution >= 4 is 40.9 Å². The Kier molecular flexibility index (Phi) is 6.60. The van der Waals surface area contributed by atoms with Gasteiger partial charge in [0, 0.05) is 22.9 Å². The molecule has 2 N–H and O–H groups in total. The van der Waals surface area contributed by atoms with Crippen molar-refractivity contribution in [3.8, 4) is 11.1 Å². The molecule has 0 radical (unpaired) electrons. The molecule has 0 aromatic heterocycles. The lowest BCUT2D eigenvalue weighted by atomic mass is 10.0. The summed E-state index contributed by atoms with van der Waals surface area (Å²) in [5.41, 5.74) is 3.06. The molecule has 1 aliphatic rings. The van der Waals surface area contributed by atoms with Gasteiger partial charge in [0.2, 0.25) is 5.91 Å². The predicted molar refractivity (Wildman–Crippen MR) is 125 cm³/mol. The third-order valence-corrected chi connectivity index (χ3v) is 5.77. The van der Waals surface area contributed by atoms with Gasteiger partial charge in [-0.25, -0.2) is 4.79 Å². The molecule has 0 saturated carbocycles. The molecule has 168 valence electrons. The van der Waals surface area contributed by atoms with E-state index in [1.54, 1.807) is 48.5 Å². The fourth-order valence-electron chi connectivity index (χ4n) is 3.78.